The Morgan fingerprint density at radius 1 is 1.45 bits per heavy atom. The van der Waals surface area contributed by atoms with Gasteiger partial charge in [0, 0.05) is 17.5 Å². The Hall–Kier alpha value is -1.69. The number of nitrogens with zero attached hydrogens (tertiary/aromatic N) is 3. The van der Waals surface area contributed by atoms with Crippen molar-refractivity contribution in [3.63, 3.8) is 0 Å². The lowest BCUT2D eigenvalue weighted by Crippen LogP contribution is -2.33. The molecular formula is C14H19N3O2S. The second-order valence-corrected chi connectivity index (χ2v) is 6.03. The van der Waals surface area contributed by atoms with Crippen molar-refractivity contribution in [3.05, 3.63) is 17.3 Å². The van der Waals surface area contributed by atoms with Crippen molar-refractivity contribution in [2.45, 2.75) is 39.7 Å². The molecule has 0 saturated heterocycles. The van der Waals surface area contributed by atoms with E-state index < -0.39 is 5.97 Å². The summed E-state index contributed by atoms with van der Waals surface area (Å²) in [4.78, 5) is 23.8. The molecule has 6 heteroatoms. The van der Waals surface area contributed by atoms with Gasteiger partial charge in [0.05, 0.1) is 11.8 Å². The summed E-state index contributed by atoms with van der Waals surface area (Å²) in [5, 5.41) is 9.91. The molecule has 0 aliphatic carbocycles. The average molecular weight is 293 g/mol. The summed E-state index contributed by atoms with van der Waals surface area (Å²) in [6.07, 6.45) is 2.63. The lowest BCUT2D eigenvalue weighted by atomic mass is 10.2. The molecule has 108 valence electrons. The summed E-state index contributed by atoms with van der Waals surface area (Å²) in [6, 6.07) is 2.31. The second kappa shape index (κ2) is 6.17. The van der Waals surface area contributed by atoms with Crippen molar-refractivity contribution in [2.75, 3.05) is 11.4 Å². The van der Waals surface area contributed by atoms with Crippen LogP contribution in [0.5, 0.6) is 0 Å². The Labute approximate surface area is 122 Å². The molecule has 2 rings (SSSR count). The topological polar surface area (TPSA) is 66.3 Å². The Bertz CT molecular complexity index is 609. The van der Waals surface area contributed by atoms with E-state index in [1.165, 1.54) is 4.88 Å². The van der Waals surface area contributed by atoms with Gasteiger partial charge < -0.3 is 10.0 Å². The van der Waals surface area contributed by atoms with Crippen LogP contribution in [0.25, 0.3) is 10.2 Å². The van der Waals surface area contributed by atoms with Crippen LogP contribution < -0.4 is 4.90 Å². The van der Waals surface area contributed by atoms with E-state index in [-0.39, 0.29) is 12.5 Å². The number of hydrogen-bond acceptors (Lipinski definition) is 5. The zero-order valence-corrected chi connectivity index (χ0v) is 12.8. The van der Waals surface area contributed by atoms with E-state index in [1.807, 2.05) is 18.7 Å². The fourth-order valence-electron chi connectivity index (χ4n) is 2.12. The Morgan fingerprint density at radius 3 is 2.80 bits per heavy atom. The molecule has 2 aromatic rings. The van der Waals surface area contributed by atoms with Gasteiger partial charge in [0.1, 0.15) is 17.0 Å². The normalized spacial score (nSPS) is 11.2. The average Bonchev–Trinajstić information content (AvgIpc) is 2.82. The Balaban J connectivity index is 2.41. The number of carboxylic acids is 1. The van der Waals surface area contributed by atoms with Crippen molar-refractivity contribution in [1.29, 1.82) is 0 Å². The highest BCUT2D eigenvalue weighted by atomic mass is 32.1. The zero-order chi connectivity index (χ0) is 14.7. The number of carboxylic acid groups (broad SMARTS) is 1. The third kappa shape index (κ3) is 3.07. The minimum atomic E-state index is -0.791. The lowest BCUT2D eigenvalue weighted by molar-refractivity contribution is -0.136. The number of aromatic nitrogens is 2. The van der Waals surface area contributed by atoms with Gasteiger partial charge in [-0.15, -0.1) is 11.3 Å². The monoisotopic (exact) mass is 293 g/mol. The molecule has 0 bridgehead atoms. The van der Waals surface area contributed by atoms with Gasteiger partial charge in [-0.05, 0) is 26.3 Å². The first-order valence-electron chi connectivity index (χ1n) is 6.74. The van der Waals surface area contributed by atoms with Crippen LogP contribution in [-0.2, 0) is 11.2 Å². The van der Waals surface area contributed by atoms with E-state index in [2.05, 4.69) is 23.0 Å². The smallest absolute Gasteiger partial charge is 0.305 e. The summed E-state index contributed by atoms with van der Waals surface area (Å²) >= 11 is 1.67. The van der Waals surface area contributed by atoms with Gasteiger partial charge in [-0.2, -0.15) is 0 Å². The van der Waals surface area contributed by atoms with Gasteiger partial charge in [-0.3, -0.25) is 4.79 Å². The molecule has 2 aromatic heterocycles. The summed E-state index contributed by atoms with van der Waals surface area (Å²) in [5.41, 5.74) is 0. The highest BCUT2D eigenvalue weighted by Crippen LogP contribution is 2.31. The molecule has 0 aliphatic heterocycles. The van der Waals surface area contributed by atoms with Crippen molar-refractivity contribution in [1.82, 2.24) is 9.97 Å². The van der Waals surface area contributed by atoms with E-state index in [4.69, 9.17) is 5.11 Å². The van der Waals surface area contributed by atoms with Crippen LogP contribution in [0.4, 0.5) is 5.82 Å². The molecule has 0 amide bonds. The van der Waals surface area contributed by atoms with Gasteiger partial charge in [0.2, 0.25) is 0 Å². The van der Waals surface area contributed by atoms with Gasteiger partial charge in [0.25, 0.3) is 0 Å². The number of thiophene rings is 1. The van der Waals surface area contributed by atoms with E-state index in [1.54, 1.807) is 17.7 Å². The van der Waals surface area contributed by atoms with Gasteiger partial charge >= 0.3 is 5.97 Å². The largest absolute Gasteiger partial charge is 0.481 e. The quantitative estimate of drug-likeness (QED) is 0.887. The SMILES string of the molecule is CCc1cc2c(N(CCC(=O)O)C(C)C)ncnc2s1. The van der Waals surface area contributed by atoms with Crippen LogP contribution in [0.15, 0.2) is 12.4 Å². The highest BCUT2D eigenvalue weighted by Gasteiger charge is 2.18. The van der Waals surface area contributed by atoms with Gasteiger partial charge in [-0.25, -0.2) is 9.97 Å². The van der Waals surface area contributed by atoms with Crippen LogP contribution >= 0.6 is 11.3 Å². The van der Waals surface area contributed by atoms with Gasteiger partial charge in [0.15, 0.2) is 0 Å². The molecule has 5 nitrogen and oxygen atoms in total. The number of anilines is 1. The minimum Gasteiger partial charge on any atom is -0.481 e. The Morgan fingerprint density at radius 2 is 2.20 bits per heavy atom. The Kier molecular flexibility index (Phi) is 4.54. The van der Waals surface area contributed by atoms with Crippen molar-refractivity contribution < 1.29 is 9.90 Å². The maximum absolute atomic E-state index is 10.8. The molecular weight excluding hydrogens is 274 g/mol. The summed E-state index contributed by atoms with van der Waals surface area (Å²) in [6.45, 7) is 6.66. The molecule has 0 unspecified atom stereocenters. The first-order valence-corrected chi connectivity index (χ1v) is 7.56. The number of fused-ring (bicyclic) bond motifs is 1. The fourth-order valence-corrected chi connectivity index (χ4v) is 3.05. The predicted octanol–water partition coefficient (Wildman–Crippen LogP) is 2.94. The zero-order valence-electron chi connectivity index (χ0n) is 12.0. The van der Waals surface area contributed by atoms with Crippen molar-refractivity contribution in [3.8, 4) is 0 Å². The third-order valence-electron chi connectivity index (χ3n) is 3.17. The number of rotatable bonds is 6. The molecule has 0 saturated carbocycles. The van der Waals surface area contributed by atoms with Crippen LogP contribution in [0.3, 0.4) is 0 Å². The van der Waals surface area contributed by atoms with E-state index in [9.17, 15) is 4.79 Å². The molecule has 0 radical (unpaired) electrons. The van der Waals surface area contributed by atoms with E-state index in [0.717, 1.165) is 22.5 Å². The van der Waals surface area contributed by atoms with E-state index >= 15 is 0 Å². The number of aryl methyl sites for hydroxylation is 1. The molecule has 1 N–H and O–H groups in total. The maximum Gasteiger partial charge on any atom is 0.305 e. The molecule has 0 atom stereocenters. The fraction of sp³-hybridized carbons (Fsp3) is 0.500. The maximum atomic E-state index is 10.8. The van der Waals surface area contributed by atoms with Crippen LogP contribution in [0, 0.1) is 0 Å². The van der Waals surface area contributed by atoms with Crippen LogP contribution in [0.2, 0.25) is 0 Å². The highest BCUT2D eigenvalue weighted by molar-refractivity contribution is 7.18. The molecule has 20 heavy (non-hydrogen) atoms. The van der Waals surface area contributed by atoms with Gasteiger partial charge in [-0.1, -0.05) is 6.92 Å². The first kappa shape index (κ1) is 14.7. The molecule has 0 aliphatic rings. The molecule has 0 aromatic carbocycles. The number of carbonyl (C=O) groups is 1. The number of aliphatic carboxylic acids is 1. The molecule has 0 fully saturated rings. The first-order chi connectivity index (χ1) is 9.52. The predicted molar refractivity (Wildman–Crippen MR) is 81.5 cm³/mol. The molecule has 2 heterocycles. The lowest BCUT2D eigenvalue weighted by Gasteiger charge is -2.27. The van der Waals surface area contributed by atoms with Crippen LogP contribution in [0.1, 0.15) is 32.1 Å². The summed E-state index contributed by atoms with van der Waals surface area (Å²) in [7, 11) is 0. The number of hydrogen-bond donors (Lipinski definition) is 1. The van der Waals surface area contributed by atoms with E-state index in [0.29, 0.717) is 6.54 Å². The van der Waals surface area contributed by atoms with Crippen LogP contribution in [-0.4, -0.2) is 33.6 Å². The van der Waals surface area contributed by atoms with Crippen molar-refractivity contribution in [2.24, 2.45) is 0 Å². The second-order valence-electron chi connectivity index (χ2n) is 4.91. The summed E-state index contributed by atoms with van der Waals surface area (Å²) < 4.78 is 0. The standard InChI is InChI=1S/C14H19N3O2S/c1-4-10-7-11-13(15-8-16-14(11)20-10)17(9(2)3)6-5-12(18)19/h7-9H,4-6H2,1-3H3,(H,18,19). The molecule has 0 spiro atoms. The van der Waals surface area contributed by atoms with Crippen molar-refractivity contribution >= 4 is 33.3 Å². The minimum absolute atomic E-state index is 0.106. The third-order valence-corrected chi connectivity index (χ3v) is 4.36. The summed E-state index contributed by atoms with van der Waals surface area (Å²) in [5.74, 6) is 0.0442.